The van der Waals surface area contributed by atoms with Crippen molar-refractivity contribution in [2.75, 3.05) is 26.3 Å². The van der Waals surface area contributed by atoms with Gasteiger partial charge in [-0.2, -0.15) is 0 Å². The molecule has 2 N–H and O–H groups in total. The van der Waals surface area contributed by atoms with E-state index in [-0.39, 0.29) is 12.1 Å². The SMILES string of the molecule is CCCOc1c(CN2C[C@@H](N)[C@@H](n3ccnn3)C2)cccc1OCC. The van der Waals surface area contributed by atoms with E-state index in [1.54, 1.807) is 6.20 Å². The fraction of sp³-hybridized carbons (Fsp3) is 0.556. The Labute approximate surface area is 148 Å². The van der Waals surface area contributed by atoms with Gasteiger partial charge in [-0.15, -0.1) is 5.10 Å². The molecule has 0 bridgehead atoms. The van der Waals surface area contributed by atoms with Gasteiger partial charge in [0.2, 0.25) is 0 Å². The zero-order valence-corrected chi connectivity index (χ0v) is 15.0. The number of nitrogens with zero attached hydrogens (tertiary/aromatic N) is 4. The second-order valence-electron chi connectivity index (χ2n) is 6.33. The van der Waals surface area contributed by atoms with Gasteiger partial charge in [-0.3, -0.25) is 4.90 Å². The third kappa shape index (κ3) is 4.11. The Morgan fingerprint density at radius 2 is 2.12 bits per heavy atom. The molecule has 1 aliphatic rings. The standard InChI is InChI=1S/C18H27N5O2/c1-3-10-25-18-14(6-5-7-17(18)24-4-2)11-22-12-15(19)16(13-22)23-9-8-20-21-23/h5-9,15-16H,3-4,10-13,19H2,1-2H3/t15-,16+/m1/s1. The summed E-state index contributed by atoms with van der Waals surface area (Å²) in [5.74, 6) is 1.66. The van der Waals surface area contributed by atoms with E-state index in [0.29, 0.717) is 13.2 Å². The van der Waals surface area contributed by atoms with E-state index in [1.807, 2.05) is 29.9 Å². The molecule has 2 heterocycles. The minimum Gasteiger partial charge on any atom is -0.490 e. The summed E-state index contributed by atoms with van der Waals surface area (Å²) >= 11 is 0. The van der Waals surface area contributed by atoms with Crippen LogP contribution < -0.4 is 15.2 Å². The Balaban J connectivity index is 1.75. The Bertz CT molecular complexity index is 661. The minimum absolute atomic E-state index is 0.0387. The largest absolute Gasteiger partial charge is 0.490 e. The number of ether oxygens (including phenoxy) is 2. The van der Waals surface area contributed by atoms with Crippen molar-refractivity contribution in [3.05, 3.63) is 36.2 Å². The van der Waals surface area contributed by atoms with Gasteiger partial charge in [-0.1, -0.05) is 24.3 Å². The van der Waals surface area contributed by atoms with Gasteiger partial charge in [-0.25, -0.2) is 4.68 Å². The number of nitrogens with two attached hydrogens (primary N) is 1. The highest BCUT2D eigenvalue weighted by Crippen LogP contribution is 2.33. The lowest BCUT2D eigenvalue weighted by Crippen LogP contribution is -2.31. The fourth-order valence-electron chi connectivity index (χ4n) is 3.26. The summed E-state index contributed by atoms with van der Waals surface area (Å²) in [5, 5.41) is 7.99. The molecule has 2 aromatic rings. The molecule has 0 amide bonds. The predicted octanol–water partition coefficient (Wildman–Crippen LogP) is 1.85. The number of hydrogen-bond donors (Lipinski definition) is 1. The topological polar surface area (TPSA) is 78.4 Å². The molecule has 7 heteroatoms. The Hall–Kier alpha value is -2.12. The van der Waals surface area contributed by atoms with Crippen LogP contribution in [-0.2, 0) is 6.54 Å². The lowest BCUT2D eigenvalue weighted by molar-refractivity contribution is 0.262. The first-order valence-electron chi connectivity index (χ1n) is 8.94. The van der Waals surface area contributed by atoms with E-state index in [4.69, 9.17) is 15.2 Å². The molecule has 25 heavy (non-hydrogen) atoms. The average molecular weight is 345 g/mol. The van der Waals surface area contributed by atoms with Crippen LogP contribution in [0, 0.1) is 0 Å². The van der Waals surface area contributed by atoms with E-state index >= 15 is 0 Å². The van der Waals surface area contributed by atoms with Crippen LogP contribution in [0.5, 0.6) is 11.5 Å². The summed E-state index contributed by atoms with van der Waals surface area (Å²) in [4.78, 5) is 2.33. The van der Waals surface area contributed by atoms with Gasteiger partial charge in [0, 0.05) is 37.4 Å². The number of rotatable bonds is 8. The van der Waals surface area contributed by atoms with Crippen molar-refractivity contribution < 1.29 is 9.47 Å². The predicted molar refractivity (Wildman–Crippen MR) is 95.7 cm³/mol. The Kier molecular flexibility index (Phi) is 5.88. The first-order chi connectivity index (χ1) is 12.2. The molecule has 1 aromatic heterocycles. The third-order valence-electron chi connectivity index (χ3n) is 4.39. The van der Waals surface area contributed by atoms with Gasteiger partial charge in [0.15, 0.2) is 11.5 Å². The number of likely N-dealkylation sites (tertiary alicyclic amines) is 1. The zero-order chi connectivity index (χ0) is 17.6. The monoisotopic (exact) mass is 345 g/mol. The van der Waals surface area contributed by atoms with E-state index in [9.17, 15) is 0 Å². The smallest absolute Gasteiger partial charge is 0.165 e. The van der Waals surface area contributed by atoms with Crippen LogP contribution >= 0.6 is 0 Å². The van der Waals surface area contributed by atoms with Gasteiger partial charge >= 0.3 is 0 Å². The molecule has 136 valence electrons. The molecule has 0 spiro atoms. The highest BCUT2D eigenvalue weighted by molar-refractivity contribution is 5.46. The van der Waals surface area contributed by atoms with Gasteiger partial charge in [0.25, 0.3) is 0 Å². The van der Waals surface area contributed by atoms with Crippen molar-refractivity contribution in [1.29, 1.82) is 0 Å². The maximum atomic E-state index is 6.32. The van der Waals surface area contributed by atoms with Gasteiger partial charge in [0.05, 0.1) is 25.5 Å². The molecule has 7 nitrogen and oxygen atoms in total. The van der Waals surface area contributed by atoms with Crippen molar-refractivity contribution in [3.8, 4) is 11.5 Å². The van der Waals surface area contributed by atoms with Crippen molar-refractivity contribution in [1.82, 2.24) is 19.9 Å². The van der Waals surface area contributed by atoms with Crippen molar-refractivity contribution in [2.45, 2.75) is 38.9 Å². The van der Waals surface area contributed by atoms with Crippen LogP contribution in [0.3, 0.4) is 0 Å². The van der Waals surface area contributed by atoms with Gasteiger partial charge in [0.1, 0.15) is 0 Å². The van der Waals surface area contributed by atoms with Gasteiger partial charge in [-0.05, 0) is 19.4 Å². The minimum atomic E-state index is 0.0387. The number of hydrogen-bond acceptors (Lipinski definition) is 6. The molecule has 0 unspecified atom stereocenters. The first-order valence-corrected chi connectivity index (χ1v) is 8.94. The first kappa shape index (κ1) is 17.7. The number of benzene rings is 1. The molecule has 1 saturated heterocycles. The number of para-hydroxylation sites is 1. The van der Waals surface area contributed by atoms with Crippen LogP contribution in [0.15, 0.2) is 30.6 Å². The average Bonchev–Trinajstić information content (AvgIpc) is 3.24. The fourth-order valence-corrected chi connectivity index (χ4v) is 3.26. The maximum Gasteiger partial charge on any atom is 0.165 e. The quantitative estimate of drug-likeness (QED) is 0.787. The lowest BCUT2D eigenvalue weighted by Gasteiger charge is -2.20. The van der Waals surface area contributed by atoms with Crippen LogP contribution in [-0.4, -0.2) is 52.2 Å². The molecule has 1 aromatic carbocycles. The molecule has 2 atom stereocenters. The van der Waals surface area contributed by atoms with Gasteiger partial charge < -0.3 is 15.2 Å². The van der Waals surface area contributed by atoms with Crippen LogP contribution in [0.2, 0.25) is 0 Å². The summed E-state index contributed by atoms with van der Waals surface area (Å²) in [6.45, 7) is 7.82. The molecule has 0 saturated carbocycles. The normalized spacial score (nSPS) is 20.8. The second-order valence-corrected chi connectivity index (χ2v) is 6.33. The Morgan fingerprint density at radius 3 is 2.84 bits per heavy atom. The van der Waals surface area contributed by atoms with Crippen LogP contribution in [0.4, 0.5) is 0 Å². The Morgan fingerprint density at radius 1 is 1.24 bits per heavy atom. The van der Waals surface area contributed by atoms with E-state index in [2.05, 4.69) is 28.2 Å². The molecular formula is C18H27N5O2. The van der Waals surface area contributed by atoms with E-state index < -0.39 is 0 Å². The van der Waals surface area contributed by atoms with E-state index in [1.165, 1.54) is 0 Å². The van der Waals surface area contributed by atoms with E-state index in [0.717, 1.165) is 43.1 Å². The summed E-state index contributed by atoms with van der Waals surface area (Å²) in [5.41, 5.74) is 7.45. The highest BCUT2D eigenvalue weighted by Gasteiger charge is 2.32. The molecule has 0 aliphatic carbocycles. The molecule has 1 fully saturated rings. The molecule has 1 aliphatic heterocycles. The molecular weight excluding hydrogens is 318 g/mol. The van der Waals surface area contributed by atoms with Crippen LogP contribution in [0.1, 0.15) is 31.9 Å². The van der Waals surface area contributed by atoms with Crippen molar-refractivity contribution in [3.63, 3.8) is 0 Å². The molecule has 0 radical (unpaired) electrons. The molecule has 3 rings (SSSR count). The zero-order valence-electron chi connectivity index (χ0n) is 15.0. The summed E-state index contributed by atoms with van der Waals surface area (Å²) in [6, 6.07) is 6.27. The highest BCUT2D eigenvalue weighted by atomic mass is 16.5. The summed E-state index contributed by atoms with van der Waals surface area (Å²) in [7, 11) is 0. The summed E-state index contributed by atoms with van der Waals surface area (Å²) in [6.07, 6.45) is 4.53. The van der Waals surface area contributed by atoms with Crippen LogP contribution in [0.25, 0.3) is 0 Å². The number of aromatic nitrogens is 3. The summed E-state index contributed by atoms with van der Waals surface area (Å²) < 4.78 is 13.6. The van der Waals surface area contributed by atoms with Crippen molar-refractivity contribution >= 4 is 0 Å². The van der Waals surface area contributed by atoms with Crippen molar-refractivity contribution in [2.24, 2.45) is 5.73 Å². The third-order valence-corrected chi connectivity index (χ3v) is 4.39. The second kappa shape index (κ2) is 8.31. The lowest BCUT2D eigenvalue weighted by atomic mass is 10.1. The maximum absolute atomic E-state index is 6.32.